The maximum Gasteiger partial charge on any atom is 0.443 e. The quantitative estimate of drug-likeness (QED) is 0.786. The first kappa shape index (κ1) is 17.5. The van der Waals surface area contributed by atoms with Crippen molar-refractivity contribution in [2.45, 2.75) is 26.4 Å². The van der Waals surface area contributed by atoms with Crippen molar-refractivity contribution in [3.05, 3.63) is 36.0 Å². The van der Waals surface area contributed by atoms with Crippen LogP contribution in [0.2, 0.25) is 0 Å². The summed E-state index contributed by atoms with van der Waals surface area (Å²) in [6, 6.07) is 6.62. The predicted molar refractivity (Wildman–Crippen MR) is 87.7 cm³/mol. The van der Waals surface area contributed by atoms with Crippen molar-refractivity contribution >= 4 is 23.0 Å². The molecule has 2 rings (SSSR count). The van der Waals surface area contributed by atoms with E-state index < -0.39 is 17.7 Å². The highest BCUT2D eigenvalue weighted by Crippen LogP contribution is 2.27. The number of hydrogen-bond donors (Lipinski definition) is 0. The molecule has 0 unspecified atom stereocenters. The van der Waals surface area contributed by atoms with Crippen molar-refractivity contribution in [1.29, 1.82) is 0 Å². The zero-order valence-electron chi connectivity index (χ0n) is 14.3. The number of ether oxygens (including phenoxy) is 2. The van der Waals surface area contributed by atoms with E-state index in [9.17, 15) is 9.59 Å². The van der Waals surface area contributed by atoms with Gasteiger partial charge in [-0.2, -0.15) is 0 Å². The van der Waals surface area contributed by atoms with Crippen molar-refractivity contribution in [2.24, 2.45) is 0 Å². The van der Waals surface area contributed by atoms with Crippen LogP contribution >= 0.6 is 0 Å². The fourth-order valence-corrected chi connectivity index (χ4v) is 2.03. The van der Waals surface area contributed by atoms with Crippen LogP contribution in [-0.2, 0) is 9.57 Å². The van der Waals surface area contributed by atoms with Crippen molar-refractivity contribution in [1.82, 2.24) is 10.0 Å². The van der Waals surface area contributed by atoms with Gasteiger partial charge in [0.2, 0.25) is 0 Å². The number of hydroxylamine groups is 2. The Morgan fingerprint density at radius 1 is 1.17 bits per heavy atom. The van der Waals surface area contributed by atoms with Crippen LogP contribution in [0.1, 0.15) is 31.1 Å². The Morgan fingerprint density at radius 2 is 1.88 bits per heavy atom. The SMILES string of the molecule is COc1ccc(C(=O)ON(C)C(=O)OC(C)(C)C)c2cccnc12. The average molecular weight is 332 g/mol. The van der Waals surface area contributed by atoms with Crippen LogP contribution < -0.4 is 4.74 Å². The third-order valence-corrected chi connectivity index (χ3v) is 3.04. The molecule has 0 bridgehead atoms. The maximum atomic E-state index is 12.4. The standard InChI is InChI=1S/C17H20N2O5/c1-17(2,3)23-16(21)19(4)24-15(20)12-8-9-13(22-5)14-11(12)7-6-10-18-14/h6-10H,1-5H3. The number of aromatic nitrogens is 1. The minimum absolute atomic E-state index is 0.273. The lowest BCUT2D eigenvalue weighted by Gasteiger charge is -2.23. The van der Waals surface area contributed by atoms with Gasteiger partial charge in [0, 0.05) is 11.6 Å². The van der Waals surface area contributed by atoms with Gasteiger partial charge < -0.3 is 14.3 Å². The highest BCUT2D eigenvalue weighted by atomic mass is 16.8. The normalized spacial score (nSPS) is 11.0. The Labute approximate surface area is 140 Å². The summed E-state index contributed by atoms with van der Waals surface area (Å²) in [4.78, 5) is 33.6. The lowest BCUT2D eigenvalue weighted by Crippen LogP contribution is -2.35. The van der Waals surface area contributed by atoms with E-state index >= 15 is 0 Å². The van der Waals surface area contributed by atoms with Crippen molar-refractivity contribution in [3.8, 4) is 5.75 Å². The zero-order valence-corrected chi connectivity index (χ0v) is 14.3. The predicted octanol–water partition coefficient (Wildman–Crippen LogP) is 3.18. The first-order chi connectivity index (χ1) is 11.2. The highest BCUT2D eigenvalue weighted by molar-refractivity contribution is 6.05. The molecule has 0 saturated heterocycles. The first-order valence-electron chi connectivity index (χ1n) is 7.33. The third-order valence-electron chi connectivity index (χ3n) is 3.04. The molecule has 0 spiro atoms. The van der Waals surface area contributed by atoms with E-state index in [-0.39, 0.29) is 5.56 Å². The maximum absolute atomic E-state index is 12.4. The number of hydrogen-bond acceptors (Lipinski definition) is 6. The fourth-order valence-electron chi connectivity index (χ4n) is 2.03. The van der Waals surface area contributed by atoms with E-state index in [2.05, 4.69) is 4.98 Å². The van der Waals surface area contributed by atoms with E-state index in [1.165, 1.54) is 14.2 Å². The summed E-state index contributed by atoms with van der Waals surface area (Å²) in [5.74, 6) is -0.147. The Morgan fingerprint density at radius 3 is 2.50 bits per heavy atom. The molecular formula is C17H20N2O5. The van der Waals surface area contributed by atoms with Gasteiger partial charge in [-0.25, -0.2) is 9.59 Å². The van der Waals surface area contributed by atoms with Gasteiger partial charge in [0.1, 0.15) is 16.9 Å². The summed E-state index contributed by atoms with van der Waals surface area (Å²) < 4.78 is 10.4. The lowest BCUT2D eigenvalue weighted by molar-refractivity contribution is -0.0930. The molecule has 0 aliphatic rings. The first-order valence-corrected chi connectivity index (χ1v) is 7.33. The molecule has 0 radical (unpaired) electrons. The Hall–Kier alpha value is -2.83. The van der Waals surface area contributed by atoms with Gasteiger partial charge in [-0.1, -0.05) is 6.07 Å². The molecule has 1 amide bonds. The summed E-state index contributed by atoms with van der Waals surface area (Å²) in [6.45, 7) is 5.18. The monoisotopic (exact) mass is 332 g/mol. The second kappa shape index (κ2) is 6.74. The van der Waals surface area contributed by atoms with Gasteiger partial charge in [0.25, 0.3) is 0 Å². The number of nitrogens with zero attached hydrogens (tertiary/aromatic N) is 2. The summed E-state index contributed by atoms with van der Waals surface area (Å²) in [5, 5.41) is 1.33. The molecule has 0 fully saturated rings. The number of fused-ring (bicyclic) bond motifs is 1. The molecule has 2 aromatic rings. The molecule has 128 valence electrons. The van der Waals surface area contributed by atoms with Crippen LogP contribution in [0.15, 0.2) is 30.5 Å². The van der Waals surface area contributed by atoms with Crippen LogP contribution in [0, 0.1) is 0 Å². The minimum atomic E-state index is -0.758. The van der Waals surface area contributed by atoms with Gasteiger partial charge in [-0.05, 0) is 39.0 Å². The molecule has 0 N–H and O–H groups in total. The Kier molecular flexibility index (Phi) is 4.92. The second-order valence-corrected chi connectivity index (χ2v) is 6.07. The van der Waals surface area contributed by atoms with E-state index in [0.717, 1.165) is 5.06 Å². The largest absolute Gasteiger partial charge is 0.494 e. The Balaban J connectivity index is 2.25. The van der Waals surface area contributed by atoms with Crippen LogP contribution in [0.4, 0.5) is 4.79 Å². The third kappa shape index (κ3) is 3.92. The topological polar surface area (TPSA) is 78.0 Å². The van der Waals surface area contributed by atoms with Gasteiger partial charge in [-0.3, -0.25) is 4.98 Å². The van der Waals surface area contributed by atoms with Crippen LogP contribution in [0.3, 0.4) is 0 Å². The minimum Gasteiger partial charge on any atom is -0.494 e. The van der Waals surface area contributed by atoms with E-state index in [4.69, 9.17) is 14.3 Å². The van der Waals surface area contributed by atoms with Crippen molar-refractivity contribution in [2.75, 3.05) is 14.2 Å². The van der Waals surface area contributed by atoms with Gasteiger partial charge >= 0.3 is 12.1 Å². The molecule has 1 aromatic carbocycles. The van der Waals surface area contributed by atoms with Crippen molar-refractivity contribution in [3.63, 3.8) is 0 Å². The number of carbonyl (C=O) groups is 2. The summed E-state index contributed by atoms with van der Waals surface area (Å²) in [6.07, 6.45) is 0.846. The van der Waals surface area contributed by atoms with E-state index in [0.29, 0.717) is 16.7 Å². The van der Waals surface area contributed by atoms with Crippen LogP contribution in [-0.4, -0.2) is 41.9 Å². The van der Waals surface area contributed by atoms with E-state index in [1.54, 1.807) is 51.2 Å². The van der Waals surface area contributed by atoms with Gasteiger partial charge in [0.15, 0.2) is 0 Å². The molecule has 1 heterocycles. The lowest BCUT2D eigenvalue weighted by atomic mass is 10.1. The number of benzene rings is 1. The summed E-state index contributed by atoms with van der Waals surface area (Å²) in [5.41, 5.74) is 0.123. The Bertz CT molecular complexity index is 767. The number of methoxy groups -OCH3 is 1. The summed E-state index contributed by atoms with van der Waals surface area (Å²) in [7, 11) is 2.84. The molecule has 0 atom stereocenters. The molecule has 7 nitrogen and oxygen atoms in total. The number of amides is 1. The fraction of sp³-hybridized carbons (Fsp3) is 0.353. The van der Waals surface area contributed by atoms with Crippen molar-refractivity contribution < 1.29 is 23.9 Å². The van der Waals surface area contributed by atoms with Crippen LogP contribution in [0.5, 0.6) is 5.75 Å². The highest BCUT2D eigenvalue weighted by Gasteiger charge is 2.24. The van der Waals surface area contributed by atoms with Gasteiger partial charge in [0.05, 0.1) is 19.7 Å². The second-order valence-electron chi connectivity index (χ2n) is 6.07. The number of carbonyl (C=O) groups excluding carboxylic acids is 2. The molecular weight excluding hydrogens is 312 g/mol. The molecule has 7 heteroatoms. The van der Waals surface area contributed by atoms with Gasteiger partial charge in [-0.15, -0.1) is 5.06 Å². The molecule has 24 heavy (non-hydrogen) atoms. The number of pyridine rings is 1. The average Bonchev–Trinajstić information content (AvgIpc) is 2.52. The molecule has 1 aromatic heterocycles. The number of rotatable bonds is 2. The smallest absolute Gasteiger partial charge is 0.443 e. The van der Waals surface area contributed by atoms with E-state index in [1.807, 2.05) is 0 Å². The zero-order chi connectivity index (χ0) is 17.9. The van der Waals surface area contributed by atoms with Crippen LogP contribution in [0.25, 0.3) is 10.9 Å². The summed E-state index contributed by atoms with van der Waals surface area (Å²) >= 11 is 0. The molecule has 0 aliphatic heterocycles. The molecule has 0 saturated carbocycles. The molecule has 0 aliphatic carbocycles.